The molecule has 0 atom stereocenters. The van der Waals surface area contributed by atoms with Crippen LogP contribution in [0.1, 0.15) is 16.3 Å². The summed E-state index contributed by atoms with van der Waals surface area (Å²) in [5, 5.41) is 9.57. The fourth-order valence-electron chi connectivity index (χ4n) is 1.99. The highest BCUT2D eigenvalue weighted by Crippen LogP contribution is 2.18. The molecule has 0 radical (unpaired) electrons. The quantitative estimate of drug-likeness (QED) is 0.756. The number of aromatic amines is 1. The number of hydrogen-bond acceptors (Lipinski definition) is 3. The van der Waals surface area contributed by atoms with Crippen LogP contribution in [-0.2, 0) is 13.6 Å². The molecule has 6 nitrogen and oxygen atoms in total. The third-order valence-corrected chi connectivity index (χ3v) is 3.09. The second-order valence-corrected chi connectivity index (χ2v) is 4.37. The fraction of sp³-hybridized carbons (Fsp3) is 0.154. The zero-order chi connectivity index (χ0) is 14.1. The van der Waals surface area contributed by atoms with Gasteiger partial charge in [0.05, 0.1) is 6.54 Å². The smallest absolute Gasteiger partial charge is 0.270 e. The fourth-order valence-corrected chi connectivity index (χ4v) is 1.99. The van der Waals surface area contributed by atoms with Gasteiger partial charge in [-0.2, -0.15) is 5.10 Å². The van der Waals surface area contributed by atoms with E-state index in [1.807, 2.05) is 11.6 Å². The number of halogens is 1. The molecule has 7 heteroatoms. The van der Waals surface area contributed by atoms with Gasteiger partial charge >= 0.3 is 0 Å². The average molecular weight is 273 g/mol. The molecule has 3 rings (SSSR count). The number of fused-ring (bicyclic) bond motifs is 1. The van der Waals surface area contributed by atoms with Gasteiger partial charge in [0.1, 0.15) is 17.0 Å². The standard InChI is InChI=1S/C13H12FN5O/c1-19-6-5-15-10(19)7-16-13(20)12-8-3-2-4-9(14)11(8)17-18-12/h2-6H,7H2,1H3,(H,16,20)(H,17,18). The third-order valence-electron chi connectivity index (χ3n) is 3.09. The molecule has 0 spiro atoms. The van der Waals surface area contributed by atoms with E-state index in [2.05, 4.69) is 20.5 Å². The molecule has 0 aliphatic rings. The summed E-state index contributed by atoms with van der Waals surface area (Å²) < 4.78 is 15.3. The number of nitrogens with one attached hydrogen (secondary N) is 2. The van der Waals surface area contributed by atoms with E-state index in [0.717, 1.165) is 5.82 Å². The first-order valence-corrected chi connectivity index (χ1v) is 6.04. The Morgan fingerprint density at radius 2 is 2.35 bits per heavy atom. The van der Waals surface area contributed by atoms with Gasteiger partial charge in [-0.25, -0.2) is 9.37 Å². The first-order valence-electron chi connectivity index (χ1n) is 6.04. The Labute approximate surface area is 113 Å². The van der Waals surface area contributed by atoms with Gasteiger partial charge in [-0.1, -0.05) is 12.1 Å². The first-order chi connectivity index (χ1) is 9.66. The molecule has 1 aromatic carbocycles. The minimum Gasteiger partial charge on any atom is -0.343 e. The number of nitrogens with zero attached hydrogens (tertiary/aromatic N) is 3. The number of carbonyl (C=O) groups excluding carboxylic acids is 1. The van der Waals surface area contributed by atoms with E-state index < -0.39 is 5.82 Å². The molecule has 0 saturated carbocycles. The lowest BCUT2D eigenvalue weighted by molar-refractivity contribution is 0.0946. The molecule has 0 bridgehead atoms. The molecular formula is C13H12FN5O. The van der Waals surface area contributed by atoms with Gasteiger partial charge in [-0.3, -0.25) is 9.89 Å². The predicted molar refractivity (Wildman–Crippen MR) is 70.4 cm³/mol. The number of carbonyl (C=O) groups is 1. The van der Waals surface area contributed by atoms with E-state index in [1.165, 1.54) is 6.07 Å². The van der Waals surface area contributed by atoms with Crippen molar-refractivity contribution in [2.24, 2.45) is 7.05 Å². The molecule has 2 heterocycles. The monoisotopic (exact) mass is 273 g/mol. The van der Waals surface area contributed by atoms with Crippen LogP contribution >= 0.6 is 0 Å². The van der Waals surface area contributed by atoms with Gasteiger partial charge in [0.25, 0.3) is 5.91 Å². The van der Waals surface area contributed by atoms with E-state index in [0.29, 0.717) is 5.39 Å². The Bertz CT molecular complexity index is 776. The van der Waals surface area contributed by atoms with Crippen molar-refractivity contribution in [3.63, 3.8) is 0 Å². The largest absolute Gasteiger partial charge is 0.343 e. The number of amides is 1. The van der Waals surface area contributed by atoms with Crippen LogP contribution in [0, 0.1) is 5.82 Å². The third kappa shape index (κ3) is 2.03. The highest BCUT2D eigenvalue weighted by Gasteiger charge is 2.15. The van der Waals surface area contributed by atoms with Gasteiger partial charge in [0.2, 0.25) is 0 Å². The number of H-pyrrole nitrogens is 1. The van der Waals surface area contributed by atoms with E-state index in [9.17, 15) is 9.18 Å². The minimum atomic E-state index is -0.457. The summed E-state index contributed by atoms with van der Waals surface area (Å²) in [5.41, 5.74) is 0.406. The molecule has 0 fully saturated rings. The van der Waals surface area contributed by atoms with Crippen LogP contribution in [0.5, 0.6) is 0 Å². The van der Waals surface area contributed by atoms with Crippen molar-refractivity contribution in [2.75, 3.05) is 0 Å². The van der Waals surface area contributed by atoms with Crippen LogP contribution < -0.4 is 5.32 Å². The Hall–Kier alpha value is -2.70. The molecule has 0 aliphatic heterocycles. The summed E-state index contributed by atoms with van der Waals surface area (Å²) >= 11 is 0. The summed E-state index contributed by atoms with van der Waals surface area (Å²) in [4.78, 5) is 16.2. The van der Waals surface area contributed by atoms with Crippen LogP contribution in [0.2, 0.25) is 0 Å². The number of aryl methyl sites for hydroxylation is 1. The molecule has 3 aromatic rings. The second kappa shape index (κ2) is 4.76. The second-order valence-electron chi connectivity index (χ2n) is 4.37. The lowest BCUT2D eigenvalue weighted by Gasteiger charge is -2.04. The average Bonchev–Trinajstić information content (AvgIpc) is 3.03. The number of para-hydroxylation sites is 1. The van der Waals surface area contributed by atoms with Gasteiger partial charge in [0, 0.05) is 24.8 Å². The van der Waals surface area contributed by atoms with Crippen molar-refractivity contribution in [1.82, 2.24) is 25.1 Å². The number of aromatic nitrogens is 4. The Morgan fingerprint density at radius 1 is 1.50 bits per heavy atom. The maximum atomic E-state index is 13.5. The molecule has 0 unspecified atom stereocenters. The Morgan fingerprint density at radius 3 is 3.10 bits per heavy atom. The number of imidazole rings is 1. The van der Waals surface area contributed by atoms with E-state index in [1.54, 1.807) is 24.5 Å². The number of hydrogen-bond donors (Lipinski definition) is 2. The summed E-state index contributed by atoms with van der Waals surface area (Å²) in [6, 6.07) is 4.50. The molecule has 102 valence electrons. The van der Waals surface area contributed by atoms with E-state index in [4.69, 9.17) is 0 Å². The van der Waals surface area contributed by atoms with Crippen molar-refractivity contribution < 1.29 is 9.18 Å². The summed E-state index contributed by atoms with van der Waals surface area (Å²) in [6.45, 7) is 0.290. The van der Waals surface area contributed by atoms with Crippen LogP contribution in [0.25, 0.3) is 10.9 Å². The molecule has 0 saturated heterocycles. The molecule has 2 aromatic heterocycles. The zero-order valence-corrected chi connectivity index (χ0v) is 10.7. The minimum absolute atomic E-state index is 0.162. The number of benzene rings is 1. The summed E-state index contributed by atoms with van der Waals surface area (Å²) in [5.74, 6) is -0.0728. The molecule has 2 N–H and O–H groups in total. The van der Waals surface area contributed by atoms with Crippen molar-refractivity contribution in [2.45, 2.75) is 6.54 Å². The predicted octanol–water partition coefficient (Wildman–Crippen LogP) is 1.37. The van der Waals surface area contributed by atoms with E-state index >= 15 is 0 Å². The topological polar surface area (TPSA) is 75.6 Å². The van der Waals surface area contributed by atoms with Gasteiger partial charge in [0.15, 0.2) is 5.82 Å². The molecular weight excluding hydrogens is 261 g/mol. The lowest BCUT2D eigenvalue weighted by Crippen LogP contribution is -2.24. The van der Waals surface area contributed by atoms with Crippen molar-refractivity contribution in [1.29, 1.82) is 0 Å². The molecule has 0 aliphatic carbocycles. The molecule has 1 amide bonds. The Kier molecular flexibility index (Phi) is 2.94. The Balaban J connectivity index is 1.83. The van der Waals surface area contributed by atoms with E-state index in [-0.39, 0.29) is 23.7 Å². The SMILES string of the molecule is Cn1ccnc1CNC(=O)c1[nH]nc2c(F)cccc12. The normalized spacial score (nSPS) is 10.9. The lowest BCUT2D eigenvalue weighted by atomic mass is 10.2. The first kappa shape index (κ1) is 12.3. The highest BCUT2D eigenvalue weighted by atomic mass is 19.1. The number of rotatable bonds is 3. The summed E-state index contributed by atoms with van der Waals surface area (Å²) in [6.07, 6.45) is 3.45. The van der Waals surface area contributed by atoms with Crippen LogP contribution in [0.3, 0.4) is 0 Å². The van der Waals surface area contributed by atoms with Gasteiger partial charge in [-0.05, 0) is 6.07 Å². The van der Waals surface area contributed by atoms with Crippen LogP contribution in [0.15, 0.2) is 30.6 Å². The van der Waals surface area contributed by atoms with Crippen LogP contribution in [-0.4, -0.2) is 25.7 Å². The maximum Gasteiger partial charge on any atom is 0.270 e. The van der Waals surface area contributed by atoms with Gasteiger partial charge < -0.3 is 9.88 Å². The summed E-state index contributed by atoms with van der Waals surface area (Å²) in [7, 11) is 1.84. The zero-order valence-electron chi connectivity index (χ0n) is 10.7. The van der Waals surface area contributed by atoms with Crippen molar-refractivity contribution in [3.8, 4) is 0 Å². The van der Waals surface area contributed by atoms with Crippen LogP contribution in [0.4, 0.5) is 4.39 Å². The van der Waals surface area contributed by atoms with Gasteiger partial charge in [-0.15, -0.1) is 0 Å². The highest BCUT2D eigenvalue weighted by molar-refractivity contribution is 6.04. The maximum absolute atomic E-state index is 13.5. The molecule has 20 heavy (non-hydrogen) atoms. The van der Waals surface area contributed by atoms with Crippen molar-refractivity contribution >= 4 is 16.8 Å². The van der Waals surface area contributed by atoms with Crippen molar-refractivity contribution in [3.05, 3.63) is 47.9 Å².